The van der Waals surface area contributed by atoms with Crippen LogP contribution in [0.15, 0.2) is 29.8 Å². The van der Waals surface area contributed by atoms with Gasteiger partial charge in [0.05, 0.1) is 13.2 Å². The minimum atomic E-state index is -0.112. The maximum Gasteiger partial charge on any atom is 0.317 e. The Bertz CT molecular complexity index is 712. The monoisotopic (exact) mass is 360 g/mol. The molecule has 1 fully saturated rings. The molecule has 1 saturated heterocycles. The van der Waals surface area contributed by atoms with Gasteiger partial charge in [-0.1, -0.05) is 17.7 Å². The van der Waals surface area contributed by atoms with Gasteiger partial charge in [-0.2, -0.15) is 0 Å². The molecule has 0 spiro atoms. The number of amides is 2. The van der Waals surface area contributed by atoms with E-state index in [1.165, 1.54) is 0 Å². The zero-order chi connectivity index (χ0) is 17.8. The minimum Gasteiger partial charge on any atom is -0.496 e. The van der Waals surface area contributed by atoms with Crippen LogP contribution >= 0.6 is 11.3 Å². The van der Waals surface area contributed by atoms with Crippen LogP contribution in [0.25, 0.3) is 0 Å². The number of urea groups is 1. The smallest absolute Gasteiger partial charge is 0.317 e. The molecule has 0 unspecified atom stereocenters. The third kappa shape index (κ3) is 4.04. The molecular weight excluding hydrogens is 336 g/mol. The highest BCUT2D eigenvalue weighted by atomic mass is 32.1. The Morgan fingerprint density at radius 2 is 2.08 bits per heavy atom. The van der Waals surface area contributed by atoms with Crippen LogP contribution in [0.5, 0.6) is 5.75 Å². The van der Waals surface area contributed by atoms with Crippen molar-refractivity contribution in [3.8, 4) is 5.75 Å². The molecule has 1 aliphatic heterocycles. The van der Waals surface area contributed by atoms with Crippen molar-refractivity contribution in [1.29, 1.82) is 0 Å². The minimum absolute atomic E-state index is 0.0325. The predicted octanol–water partition coefficient (Wildman–Crippen LogP) is 3.05. The number of rotatable bonds is 4. The average molecular weight is 360 g/mol. The lowest BCUT2D eigenvalue weighted by Crippen LogP contribution is -2.52. The molecule has 25 heavy (non-hydrogen) atoms. The zero-order valence-corrected chi connectivity index (χ0v) is 15.7. The molecule has 0 aliphatic carbocycles. The van der Waals surface area contributed by atoms with Crippen LogP contribution in [0.1, 0.15) is 24.1 Å². The fourth-order valence-corrected chi connectivity index (χ4v) is 3.72. The van der Waals surface area contributed by atoms with E-state index in [9.17, 15) is 4.79 Å². The number of aryl methyl sites for hydroxylation is 1. The molecule has 0 saturated carbocycles. The second-order valence-corrected chi connectivity index (χ2v) is 7.08. The Balaban J connectivity index is 1.58. The van der Waals surface area contributed by atoms with Gasteiger partial charge in [0.15, 0.2) is 5.13 Å². The highest BCUT2D eigenvalue weighted by molar-refractivity contribution is 7.13. The van der Waals surface area contributed by atoms with E-state index in [1.54, 1.807) is 18.4 Å². The fourth-order valence-electron chi connectivity index (χ4n) is 3.02. The van der Waals surface area contributed by atoms with Gasteiger partial charge in [-0.15, -0.1) is 11.3 Å². The average Bonchev–Trinajstić information content (AvgIpc) is 3.16. The summed E-state index contributed by atoms with van der Waals surface area (Å²) in [5, 5.41) is 6.10. The summed E-state index contributed by atoms with van der Waals surface area (Å²) in [4.78, 5) is 21.0. The number of anilines is 1. The Labute approximate surface area is 152 Å². The van der Waals surface area contributed by atoms with E-state index in [0.29, 0.717) is 13.1 Å². The molecule has 1 N–H and O–H groups in total. The van der Waals surface area contributed by atoms with Crippen LogP contribution in [0, 0.1) is 6.92 Å². The molecule has 0 bridgehead atoms. The number of aromatic nitrogens is 1. The van der Waals surface area contributed by atoms with Crippen LogP contribution in [-0.4, -0.2) is 49.2 Å². The van der Waals surface area contributed by atoms with E-state index in [-0.39, 0.29) is 12.1 Å². The zero-order valence-electron chi connectivity index (χ0n) is 14.9. The maximum absolute atomic E-state index is 12.6. The molecule has 1 aliphatic rings. The lowest BCUT2D eigenvalue weighted by atomic mass is 10.0. The molecule has 7 heteroatoms. The van der Waals surface area contributed by atoms with Crippen LogP contribution in [-0.2, 0) is 0 Å². The normalized spacial score (nSPS) is 15.8. The Morgan fingerprint density at radius 3 is 2.72 bits per heavy atom. The number of benzene rings is 1. The quantitative estimate of drug-likeness (QED) is 0.910. The molecule has 6 nitrogen and oxygen atoms in total. The highest BCUT2D eigenvalue weighted by Crippen LogP contribution is 2.26. The van der Waals surface area contributed by atoms with Crippen molar-refractivity contribution in [3.05, 3.63) is 40.9 Å². The number of methoxy groups -OCH3 is 1. The Morgan fingerprint density at radius 1 is 1.32 bits per heavy atom. The Kier molecular flexibility index (Phi) is 5.43. The van der Waals surface area contributed by atoms with Crippen LogP contribution < -0.4 is 15.0 Å². The molecule has 2 aromatic rings. The van der Waals surface area contributed by atoms with E-state index in [4.69, 9.17) is 4.74 Å². The molecule has 134 valence electrons. The summed E-state index contributed by atoms with van der Waals surface area (Å²) in [5.41, 5.74) is 2.14. The van der Waals surface area contributed by atoms with Gasteiger partial charge >= 0.3 is 6.03 Å². The van der Waals surface area contributed by atoms with Crippen molar-refractivity contribution in [1.82, 2.24) is 15.2 Å². The van der Waals surface area contributed by atoms with Gasteiger partial charge in [0, 0.05) is 43.3 Å². The number of thiazole rings is 1. The second-order valence-electron chi connectivity index (χ2n) is 6.21. The molecule has 1 atom stereocenters. The van der Waals surface area contributed by atoms with E-state index < -0.39 is 0 Å². The number of hydrogen-bond donors (Lipinski definition) is 1. The molecule has 1 aromatic heterocycles. The van der Waals surface area contributed by atoms with Crippen molar-refractivity contribution >= 4 is 22.5 Å². The first-order valence-electron chi connectivity index (χ1n) is 8.43. The topological polar surface area (TPSA) is 57.7 Å². The van der Waals surface area contributed by atoms with E-state index in [2.05, 4.69) is 21.3 Å². The molecule has 3 rings (SSSR count). The van der Waals surface area contributed by atoms with Gasteiger partial charge in [-0.25, -0.2) is 9.78 Å². The summed E-state index contributed by atoms with van der Waals surface area (Å²) in [7, 11) is 1.65. The number of piperazine rings is 1. The fraction of sp³-hybridized carbons (Fsp3) is 0.444. The number of ether oxygens (including phenoxy) is 1. The summed E-state index contributed by atoms with van der Waals surface area (Å²) in [6.45, 7) is 7.04. The number of carbonyl (C=O) groups excluding carboxylic acids is 1. The summed E-state index contributed by atoms with van der Waals surface area (Å²) >= 11 is 1.63. The van der Waals surface area contributed by atoms with Gasteiger partial charge in [-0.3, -0.25) is 0 Å². The lowest BCUT2D eigenvalue weighted by Gasteiger charge is -2.35. The van der Waals surface area contributed by atoms with Crippen LogP contribution in [0.4, 0.5) is 9.93 Å². The summed E-state index contributed by atoms with van der Waals surface area (Å²) < 4.78 is 5.43. The van der Waals surface area contributed by atoms with Gasteiger partial charge in [0.25, 0.3) is 0 Å². The summed E-state index contributed by atoms with van der Waals surface area (Å²) in [5.74, 6) is 0.798. The lowest BCUT2D eigenvalue weighted by molar-refractivity contribution is 0.191. The number of hydrogen-bond acceptors (Lipinski definition) is 5. The number of nitrogens with one attached hydrogen (secondary N) is 1. The van der Waals surface area contributed by atoms with Crippen molar-refractivity contribution in [2.24, 2.45) is 0 Å². The highest BCUT2D eigenvalue weighted by Gasteiger charge is 2.24. The third-order valence-corrected chi connectivity index (χ3v) is 5.28. The standard InChI is InChI=1S/C18H24N4O2S/c1-13-4-5-16(24-3)15(12-13)14(2)20-17(23)21-7-9-22(10-8-21)18-19-6-11-25-18/h4-6,11-12,14H,7-10H2,1-3H3,(H,20,23)/t14-/m0/s1. The van der Waals surface area contributed by atoms with Crippen LogP contribution in [0.3, 0.4) is 0 Å². The first kappa shape index (κ1) is 17.5. The van der Waals surface area contributed by atoms with Gasteiger partial charge < -0.3 is 19.9 Å². The molecule has 2 heterocycles. The summed E-state index contributed by atoms with van der Waals surface area (Å²) in [6.07, 6.45) is 1.82. The van der Waals surface area contributed by atoms with Gasteiger partial charge in [0.1, 0.15) is 5.75 Å². The molecular formula is C18H24N4O2S. The third-order valence-electron chi connectivity index (χ3n) is 4.45. The van der Waals surface area contributed by atoms with Crippen molar-refractivity contribution < 1.29 is 9.53 Å². The second kappa shape index (κ2) is 7.74. The van der Waals surface area contributed by atoms with Crippen molar-refractivity contribution in [2.75, 3.05) is 38.2 Å². The molecule has 2 amide bonds. The molecule has 0 radical (unpaired) electrons. The van der Waals surface area contributed by atoms with Crippen molar-refractivity contribution in [2.45, 2.75) is 19.9 Å². The van der Waals surface area contributed by atoms with E-state index in [0.717, 1.165) is 35.1 Å². The number of carbonyl (C=O) groups is 1. The van der Waals surface area contributed by atoms with Crippen LogP contribution in [0.2, 0.25) is 0 Å². The largest absolute Gasteiger partial charge is 0.496 e. The predicted molar refractivity (Wildman–Crippen MR) is 101 cm³/mol. The van der Waals surface area contributed by atoms with Crippen molar-refractivity contribution in [3.63, 3.8) is 0 Å². The molecule has 1 aromatic carbocycles. The first-order chi connectivity index (χ1) is 12.1. The van der Waals surface area contributed by atoms with E-state index >= 15 is 0 Å². The van der Waals surface area contributed by atoms with E-state index in [1.807, 2.05) is 42.5 Å². The van der Waals surface area contributed by atoms with Gasteiger partial charge in [0.2, 0.25) is 0 Å². The maximum atomic E-state index is 12.6. The van der Waals surface area contributed by atoms with Gasteiger partial charge in [-0.05, 0) is 19.9 Å². The summed E-state index contributed by atoms with van der Waals surface area (Å²) in [6, 6.07) is 5.87. The first-order valence-corrected chi connectivity index (χ1v) is 9.31. The Hall–Kier alpha value is -2.28. The SMILES string of the molecule is COc1ccc(C)cc1[C@H](C)NC(=O)N1CCN(c2nccs2)CC1. The number of nitrogens with zero attached hydrogens (tertiary/aromatic N) is 3.